The lowest BCUT2D eigenvalue weighted by Crippen LogP contribution is -2.44. The molecular weight excluding hydrogens is 240 g/mol. The van der Waals surface area contributed by atoms with Crippen LogP contribution in [0.4, 0.5) is 0 Å². The molecule has 0 aromatic heterocycles. The number of hydrogen-bond acceptors (Lipinski definition) is 4. The summed E-state index contributed by atoms with van der Waals surface area (Å²) < 4.78 is 11.2. The molecule has 2 rings (SSSR count). The van der Waals surface area contributed by atoms with Crippen LogP contribution in [0.15, 0.2) is 24.3 Å². The molecule has 19 heavy (non-hydrogen) atoms. The highest BCUT2D eigenvalue weighted by atomic mass is 16.5. The van der Waals surface area contributed by atoms with E-state index in [1.54, 1.807) is 0 Å². The lowest BCUT2D eigenvalue weighted by atomic mass is 10.2. The summed E-state index contributed by atoms with van der Waals surface area (Å²) in [5.74, 6) is 0.915. The molecule has 1 atom stereocenters. The SMILES string of the molecule is CC1COCCN1CCCOc1cccc(CN)c1. The standard InChI is InChI=1S/C15H24N2O2/c1-13-12-18-9-7-17(13)6-3-8-19-15-5-2-4-14(10-15)11-16/h2,4-5,10,13H,3,6-9,11-12,16H2,1H3. The maximum absolute atomic E-state index is 5.76. The van der Waals surface area contributed by atoms with Gasteiger partial charge in [0.2, 0.25) is 0 Å². The molecule has 1 heterocycles. The van der Waals surface area contributed by atoms with Crippen molar-refractivity contribution in [2.45, 2.75) is 25.9 Å². The largest absolute Gasteiger partial charge is 0.494 e. The van der Waals surface area contributed by atoms with Gasteiger partial charge in [-0.25, -0.2) is 0 Å². The van der Waals surface area contributed by atoms with E-state index in [4.69, 9.17) is 15.2 Å². The van der Waals surface area contributed by atoms with Crippen LogP contribution >= 0.6 is 0 Å². The predicted octanol–water partition coefficient (Wildman–Crippen LogP) is 1.63. The Bertz CT molecular complexity index is 384. The van der Waals surface area contributed by atoms with Crippen LogP contribution in [0.1, 0.15) is 18.9 Å². The van der Waals surface area contributed by atoms with E-state index in [-0.39, 0.29) is 0 Å². The van der Waals surface area contributed by atoms with Crippen molar-refractivity contribution in [3.63, 3.8) is 0 Å². The second-order valence-corrected chi connectivity index (χ2v) is 5.01. The van der Waals surface area contributed by atoms with Gasteiger partial charge in [-0.05, 0) is 31.0 Å². The number of morpholine rings is 1. The van der Waals surface area contributed by atoms with E-state index in [1.165, 1.54) is 0 Å². The molecule has 0 spiro atoms. The summed E-state index contributed by atoms with van der Waals surface area (Å²) in [6.45, 7) is 7.32. The normalized spacial score (nSPS) is 20.4. The van der Waals surface area contributed by atoms with E-state index in [2.05, 4.69) is 11.8 Å². The fraction of sp³-hybridized carbons (Fsp3) is 0.600. The molecule has 1 saturated heterocycles. The van der Waals surface area contributed by atoms with Crippen molar-refractivity contribution in [2.24, 2.45) is 5.73 Å². The minimum absolute atomic E-state index is 0.523. The maximum atomic E-state index is 5.76. The van der Waals surface area contributed by atoms with Gasteiger partial charge in [0.05, 0.1) is 19.8 Å². The highest BCUT2D eigenvalue weighted by Crippen LogP contribution is 2.13. The van der Waals surface area contributed by atoms with E-state index in [0.717, 1.165) is 50.6 Å². The topological polar surface area (TPSA) is 47.7 Å². The molecule has 0 aliphatic carbocycles. The van der Waals surface area contributed by atoms with E-state index >= 15 is 0 Å². The first kappa shape index (κ1) is 14.3. The van der Waals surface area contributed by atoms with Gasteiger partial charge < -0.3 is 15.2 Å². The summed E-state index contributed by atoms with van der Waals surface area (Å²) in [6, 6.07) is 8.52. The Balaban J connectivity index is 1.68. The Morgan fingerprint density at radius 1 is 1.47 bits per heavy atom. The van der Waals surface area contributed by atoms with Crippen LogP contribution in [0.2, 0.25) is 0 Å². The molecule has 4 nitrogen and oxygen atoms in total. The third-order valence-electron chi connectivity index (χ3n) is 3.50. The smallest absolute Gasteiger partial charge is 0.119 e. The molecule has 2 N–H and O–H groups in total. The van der Waals surface area contributed by atoms with Gasteiger partial charge in [-0.1, -0.05) is 12.1 Å². The average molecular weight is 264 g/mol. The quantitative estimate of drug-likeness (QED) is 0.793. The Morgan fingerprint density at radius 3 is 3.16 bits per heavy atom. The highest BCUT2D eigenvalue weighted by molar-refractivity contribution is 5.28. The van der Waals surface area contributed by atoms with Crippen molar-refractivity contribution < 1.29 is 9.47 Å². The van der Waals surface area contributed by atoms with Gasteiger partial charge in [-0.3, -0.25) is 4.90 Å². The van der Waals surface area contributed by atoms with Crippen molar-refractivity contribution in [3.05, 3.63) is 29.8 Å². The number of ether oxygens (including phenoxy) is 2. The summed E-state index contributed by atoms with van der Waals surface area (Å²) >= 11 is 0. The lowest BCUT2D eigenvalue weighted by molar-refractivity contribution is -0.00200. The van der Waals surface area contributed by atoms with E-state index in [1.807, 2.05) is 24.3 Å². The van der Waals surface area contributed by atoms with Gasteiger partial charge in [0, 0.05) is 25.7 Å². The third-order valence-corrected chi connectivity index (χ3v) is 3.50. The molecule has 1 aliphatic rings. The summed E-state index contributed by atoms with van der Waals surface area (Å²) in [6.07, 6.45) is 1.04. The van der Waals surface area contributed by atoms with Gasteiger partial charge in [-0.15, -0.1) is 0 Å². The van der Waals surface area contributed by atoms with Crippen molar-refractivity contribution in [2.75, 3.05) is 32.9 Å². The fourth-order valence-electron chi connectivity index (χ4n) is 2.31. The summed E-state index contributed by atoms with van der Waals surface area (Å²) in [5.41, 5.74) is 6.72. The molecular formula is C15H24N2O2. The molecule has 1 fully saturated rings. The highest BCUT2D eigenvalue weighted by Gasteiger charge is 2.17. The first-order valence-corrected chi connectivity index (χ1v) is 7.03. The summed E-state index contributed by atoms with van der Waals surface area (Å²) in [4.78, 5) is 2.46. The Kier molecular flexibility index (Phi) is 5.63. The number of hydrogen-bond donors (Lipinski definition) is 1. The third kappa shape index (κ3) is 4.49. The van der Waals surface area contributed by atoms with Gasteiger partial charge in [0.15, 0.2) is 0 Å². The zero-order chi connectivity index (χ0) is 13.5. The minimum Gasteiger partial charge on any atom is -0.494 e. The van der Waals surface area contributed by atoms with Crippen LogP contribution in [0, 0.1) is 0 Å². The van der Waals surface area contributed by atoms with Crippen LogP contribution in [-0.4, -0.2) is 43.9 Å². The van der Waals surface area contributed by atoms with E-state index in [0.29, 0.717) is 12.6 Å². The molecule has 1 unspecified atom stereocenters. The van der Waals surface area contributed by atoms with Crippen LogP contribution in [-0.2, 0) is 11.3 Å². The molecule has 1 aliphatic heterocycles. The average Bonchev–Trinajstić information content (AvgIpc) is 2.45. The van der Waals surface area contributed by atoms with Crippen LogP contribution in [0.3, 0.4) is 0 Å². The number of rotatable bonds is 6. The molecule has 1 aromatic rings. The molecule has 4 heteroatoms. The van der Waals surface area contributed by atoms with Crippen LogP contribution < -0.4 is 10.5 Å². The zero-order valence-corrected chi connectivity index (χ0v) is 11.7. The maximum Gasteiger partial charge on any atom is 0.119 e. The second-order valence-electron chi connectivity index (χ2n) is 5.01. The molecule has 106 valence electrons. The minimum atomic E-state index is 0.523. The Hall–Kier alpha value is -1.10. The van der Waals surface area contributed by atoms with Gasteiger partial charge >= 0.3 is 0 Å². The predicted molar refractivity (Wildman–Crippen MR) is 76.3 cm³/mol. The summed E-state index contributed by atoms with van der Waals surface area (Å²) in [7, 11) is 0. The fourth-order valence-corrected chi connectivity index (χ4v) is 2.31. The van der Waals surface area contributed by atoms with Gasteiger partial charge in [0.1, 0.15) is 5.75 Å². The van der Waals surface area contributed by atoms with Crippen molar-refractivity contribution in [3.8, 4) is 5.75 Å². The first-order valence-electron chi connectivity index (χ1n) is 7.03. The van der Waals surface area contributed by atoms with Crippen LogP contribution in [0.5, 0.6) is 5.75 Å². The molecule has 1 aromatic carbocycles. The van der Waals surface area contributed by atoms with Crippen molar-refractivity contribution >= 4 is 0 Å². The molecule has 0 radical (unpaired) electrons. The number of nitrogens with two attached hydrogens (primary N) is 1. The number of nitrogens with zero attached hydrogens (tertiary/aromatic N) is 1. The lowest BCUT2D eigenvalue weighted by Gasteiger charge is -2.33. The van der Waals surface area contributed by atoms with Crippen molar-refractivity contribution in [1.82, 2.24) is 4.90 Å². The van der Waals surface area contributed by atoms with E-state index < -0.39 is 0 Å². The second kappa shape index (κ2) is 7.48. The number of benzene rings is 1. The summed E-state index contributed by atoms with van der Waals surface area (Å²) in [5, 5.41) is 0. The molecule has 0 saturated carbocycles. The zero-order valence-electron chi connectivity index (χ0n) is 11.7. The Morgan fingerprint density at radius 2 is 2.37 bits per heavy atom. The van der Waals surface area contributed by atoms with Crippen molar-refractivity contribution in [1.29, 1.82) is 0 Å². The van der Waals surface area contributed by atoms with Gasteiger partial charge in [0.25, 0.3) is 0 Å². The van der Waals surface area contributed by atoms with Crippen LogP contribution in [0.25, 0.3) is 0 Å². The van der Waals surface area contributed by atoms with E-state index in [9.17, 15) is 0 Å². The monoisotopic (exact) mass is 264 g/mol. The van der Waals surface area contributed by atoms with Gasteiger partial charge in [-0.2, -0.15) is 0 Å². The Labute approximate surface area is 115 Å². The molecule has 0 amide bonds. The first-order chi connectivity index (χ1) is 9.29. The molecule has 0 bridgehead atoms.